The second kappa shape index (κ2) is 12.7. The fraction of sp³-hybridized carbons (Fsp3) is 0.0392. The van der Waals surface area contributed by atoms with E-state index in [2.05, 4.69) is 103 Å². The van der Waals surface area contributed by atoms with Crippen LogP contribution >= 0.6 is 11.3 Å². The molecule has 0 radical (unpaired) electrons. The molecule has 0 saturated carbocycles. The van der Waals surface area contributed by atoms with Crippen LogP contribution in [0.1, 0.15) is 18.4 Å². The molecule has 11 aromatic rings. The van der Waals surface area contributed by atoms with Crippen LogP contribution in [-0.2, 0) is 0 Å². The van der Waals surface area contributed by atoms with E-state index in [1.54, 1.807) is 0 Å². The number of allylic oxidation sites excluding steroid dienone is 4. The van der Waals surface area contributed by atoms with Crippen molar-refractivity contribution in [1.29, 1.82) is 0 Å². The van der Waals surface area contributed by atoms with E-state index in [0.717, 1.165) is 79.0 Å². The molecule has 1 aliphatic rings. The molecule has 1 aliphatic carbocycles. The summed E-state index contributed by atoms with van der Waals surface area (Å²) in [7, 11) is 0. The molecule has 0 spiro atoms. The molecular formula is C51H31N3O2S. The van der Waals surface area contributed by atoms with E-state index in [-0.39, 0.29) is 0 Å². The number of fused-ring (bicyclic) bond motifs is 9. The summed E-state index contributed by atoms with van der Waals surface area (Å²) in [6.07, 6.45) is 9.03. The van der Waals surface area contributed by atoms with E-state index in [0.29, 0.717) is 17.5 Å². The highest BCUT2D eigenvalue weighted by atomic mass is 32.1. The first-order chi connectivity index (χ1) is 28.2. The number of hydrogen-bond donors (Lipinski definition) is 0. The molecule has 268 valence electrons. The molecule has 0 N–H and O–H groups in total. The van der Waals surface area contributed by atoms with Gasteiger partial charge in [-0.05, 0) is 66.4 Å². The van der Waals surface area contributed by atoms with Crippen LogP contribution in [0.5, 0.6) is 0 Å². The number of aromatic nitrogens is 3. The smallest absolute Gasteiger partial charge is 0.164 e. The molecule has 0 unspecified atom stereocenters. The predicted octanol–water partition coefficient (Wildman–Crippen LogP) is 14.4. The zero-order chi connectivity index (χ0) is 37.5. The van der Waals surface area contributed by atoms with Crippen LogP contribution in [0.2, 0.25) is 0 Å². The highest BCUT2D eigenvalue weighted by Gasteiger charge is 2.21. The minimum atomic E-state index is 0.569. The van der Waals surface area contributed by atoms with E-state index < -0.39 is 0 Å². The predicted molar refractivity (Wildman–Crippen MR) is 235 cm³/mol. The van der Waals surface area contributed by atoms with Crippen LogP contribution in [-0.4, -0.2) is 15.0 Å². The Kier molecular flexibility index (Phi) is 7.16. The number of furan rings is 2. The lowest BCUT2D eigenvalue weighted by molar-refractivity contribution is 0.669. The first-order valence-electron chi connectivity index (χ1n) is 19.2. The van der Waals surface area contributed by atoms with Crippen molar-refractivity contribution in [2.24, 2.45) is 0 Å². The van der Waals surface area contributed by atoms with Crippen LogP contribution in [0.3, 0.4) is 0 Å². The fourth-order valence-electron chi connectivity index (χ4n) is 8.47. The van der Waals surface area contributed by atoms with Gasteiger partial charge in [0.1, 0.15) is 22.3 Å². The van der Waals surface area contributed by atoms with Gasteiger partial charge >= 0.3 is 0 Å². The van der Waals surface area contributed by atoms with Crippen molar-refractivity contribution in [2.75, 3.05) is 0 Å². The fourth-order valence-corrected chi connectivity index (χ4v) is 9.69. The number of hydrogen-bond acceptors (Lipinski definition) is 6. The van der Waals surface area contributed by atoms with Crippen LogP contribution in [0.15, 0.2) is 173 Å². The Morgan fingerprint density at radius 1 is 0.456 bits per heavy atom. The lowest BCUT2D eigenvalue weighted by Gasteiger charge is -2.12. The standard InChI is InChI=1S/C51H31N3O2S/c1-3-13-30(14-4-1)33-27-40-35-17-8-10-24-45(35)57-48(40)41(28-33)37-20-11-19-36-34-26-25-32(29-44(34)56-47(36)37)50-52-49(31-15-5-2-6-16-31)53-51(54-50)39-21-12-23-43-46(39)38-18-7-9-22-42(38)55-43/h2-3,5-29H,1,4H2. The molecular weight excluding hydrogens is 719 g/mol. The van der Waals surface area contributed by atoms with Crippen LogP contribution in [0.4, 0.5) is 0 Å². The molecule has 0 fully saturated rings. The summed E-state index contributed by atoms with van der Waals surface area (Å²) >= 11 is 1.85. The Labute approximate surface area is 330 Å². The zero-order valence-corrected chi connectivity index (χ0v) is 31.4. The quantitative estimate of drug-likeness (QED) is 0.175. The molecule has 0 atom stereocenters. The van der Waals surface area contributed by atoms with Gasteiger partial charge in [-0.15, -0.1) is 11.3 Å². The van der Waals surface area contributed by atoms with Crippen LogP contribution in [0, 0.1) is 0 Å². The summed E-state index contributed by atoms with van der Waals surface area (Å²) < 4.78 is 15.7. The first kappa shape index (κ1) is 32.1. The van der Waals surface area contributed by atoms with Crippen molar-refractivity contribution in [3.8, 4) is 45.3 Å². The van der Waals surface area contributed by atoms with E-state index in [1.807, 2.05) is 72.0 Å². The molecule has 6 heteroatoms. The first-order valence-corrected chi connectivity index (χ1v) is 20.1. The molecule has 4 aromatic heterocycles. The molecule has 0 aliphatic heterocycles. The van der Waals surface area contributed by atoms with Crippen LogP contribution < -0.4 is 0 Å². The Morgan fingerprint density at radius 2 is 1.21 bits per heavy atom. The van der Waals surface area contributed by atoms with Crippen molar-refractivity contribution in [3.63, 3.8) is 0 Å². The number of benzene rings is 7. The summed E-state index contributed by atoms with van der Waals surface area (Å²) in [5.74, 6) is 1.75. The summed E-state index contributed by atoms with van der Waals surface area (Å²) in [5.41, 5.74) is 10.7. The van der Waals surface area contributed by atoms with Gasteiger partial charge in [0.05, 0.1) is 0 Å². The average Bonchev–Trinajstić information content (AvgIpc) is 3.98. The summed E-state index contributed by atoms with van der Waals surface area (Å²) in [6.45, 7) is 0. The zero-order valence-electron chi connectivity index (χ0n) is 30.6. The van der Waals surface area contributed by atoms with Crippen molar-refractivity contribution < 1.29 is 8.83 Å². The average molecular weight is 750 g/mol. The second-order valence-corrected chi connectivity index (χ2v) is 15.6. The van der Waals surface area contributed by atoms with Gasteiger partial charge in [-0.1, -0.05) is 121 Å². The van der Waals surface area contributed by atoms with E-state index in [9.17, 15) is 0 Å². The van der Waals surface area contributed by atoms with Crippen molar-refractivity contribution in [1.82, 2.24) is 15.0 Å². The lowest BCUT2D eigenvalue weighted by atomic mass is 9.93. The number of nitrogens with zero attached hydrogens (tertiary/aromatic N) is 3. The van der Waals surface area contributed by atoms with E-state index >= 15 is 0 Å². The maximum Gasteiger partial charge on any atom is 0.164 e. The monoisotopic (exact) mass is 749 g/mol. The van der Waals surface area contributed by atoms with Crippen molar-refractivity contribution in [3.05, 3.63) is 169 Å². The summed E-state index contributed by atoms with van der Waals surface area (Å²) in [5, 5.41) is 6.69. The summed E-state index contributed by atoms with van der Waals surface area (Å²) in [6, 6.07) is 50.5. The number of thiophene rings is 1. The van der Waals surface area contributed by atoms with Gasteiger partial charge in [-0.2, -0.15) is 0 Å². The van der Waals surface area contributed by atoms with Gasteiger partial charge in [0.15, 0.2) is 17.5 Å². The highest BCUT2D eigenvalue weighted by molar-refractivity contribution is 7.26. The van der Waals surface area contributed by atoms with E-state index in [1.165, 1.54) is 36.9 Å². The molecule has 0 amide bonds. The third kappa shape index (κ3) is 5.18. The molecule has 7 aromatic carbocycles. The minimum Gasteiger partial charge on any atom is -0.456 e. The van der Waals surface area contributed by atoms with Gasteiger partial charge in [0.25, 0.3) is 0 Å². The molecule has 0 saturated heterocycles. The molecule has 4 heterocycles. The Balaban J connectivity index is 1.05. The summed E-state index contributed by atoms with van der Waals surface area (Å²) in [4.78, 5) is 15.3. The van der Waals surface area contributed by atoms with Gasteiger partial charge in [-0.25, -0.2) is 15.0 Å². The number of rotatable bonds is 5. The molecule has 0 bridgehead atoms. The topological polar surface area (TPSA) is 65.0 Å². The SMILES string of the molecule is C1=CC(c2cc(-c3cccc4c3oc3cc(-c5nc(-c6ccccc6)nc(-c6cccc7oc8ccccc8c67)n5)ccc34)c3sc4ccccc4c3c2)=CCC1. The lowest BCUT2D eigenvalue weighted by Crippen LogP contribution is -2.00. The van der Waals surface area contributed by atoms with E-state index in [4.69, 9.17) is 23.8 Å². The third-order valence-corrected chi connectivity index (χ3v) is 12.4. The normalized spacial score (nSPS) is 13.2. The maximum absolute atomic E-state index is 6.93. The van der Waals surface area contributed by atoms with Gasteiger partial charge in [0, 0.05) is 69.5 Å². The van der Waals surface area contributed by atoms with Gasteiger partial charge < -0.3 is 8.83 Å². The van der Waals surface area contributed by atoms with Crippen molar-refractivity contribution >= 4 is 81.0 Å². The minimum absolute atomic E-state index is 0.569. The Hall–Kier alpha value is -7.15. The number of para-hydroxylation sites is 2. The molecule has 12 rings (SSSR count). The highest BCUT2D eigenvalue weighted by Crippen LogP contribution is 2.46. The van der Waals surface area contributed by atoms with Gasteiger partial charge in [-0.3, -0.25) is 0 Å². The largest absolute Gasteiger partial charge is 0.456 e. The van der Waals surface area contributed by atoms with Crippen molar-refractivity contribution in [2.45, 2.75) is 12.8 Å². The maximum atomic E-state index is 6.93. The Bertz CT molecular complexity index is 3480. The van der Waals surface area contributed by atoms with Crippen LogP contribution in [0.25, 0.3) is 115 Å². The van der Waals surface area contributed by atoms with Gasteiger partial charge in [0.2, 0.25) is 0 Å². The third-order valence-electron chi connectivity index (χ3n) is 11.2. The Morgan fingerprint density at radius 3 is 2.11 bits per heavy atom. The molecule has 5 nitrogen and oxygen atoms in total. The molecule has 57 heavy (non-hydrogen) atoms. The second-order valence-electron chi connectivity index (χ2n) is 14.6.